The number of carbonyl (C=O) groups excluding carboxylic acids is 1. The molecule has 2 aliphatic carbocycles. The van der Waals surface area contributed by atoms with Crippen molar-refractivity contribution in [2.24, 2.45) is 17.3 Å². The molecular weight excluding hydrogens is 272 g/mol. The highest BCUT2D eigenvalue weighted by Gasteiger charge is 2.54. The number of allylic oxidation sites excluding steroid dienone is 4. The minimum Gasteiger partial charge on any atom is -0.386 e. The molecule has 2 aliphatic rings. The summed E-state index contributed by atoms with van der Waals surface area (Å²) in [7, 11) is 0. The van der Waals surface area contributed by atoms with Crippen LogP contribution >= 0.6 is 0 Å². The predicted molar refractivity (Wildman–Crippen MR) is 91.5 cm³/mol. The summed E-state index contributed by atoms with van der Waals surface area (Å²) in [5.74, 6) is 1.04. The lowest BCUT2D eigenvalue weighted by molar-refractivity contribution is -0.137. The number of hydrogen-bond donors (Lipinski definition) is 1. The van der Waals surface area contributed by atoms with E-state index in [1.165, 1.54) is 11.1 Å². The first-order valence-corrected chi connectivity index (χ1v) is 8.43. The van der Waals surface area contributed by atoms with Crippen molar-refractivity contribution < 1.29 is 9.90 Å². The van der Waals surface area contributed by atoms with E-state index in [-0.39, 0.29) is 11.2 Å². The van der Waals surface area contributed by atoms with Gasteiger partial charge in [-0.2, -0.15) is 0 Å². The van der Waals surface area contributed by atoms with E-state index in [4.69, 9.17) is 0 Å². The summed E-state index contributed by atoms with van der Waals surface area (Å²) in [5, 5.41) is 9.79. The molecule has 3 atom stereocenters. The van der Waals surface area contributed by atoms with Crippen molar-refractivity contribution in [3.05, 3.63) is 36.0 Å². The zero-order valence-electron chi connectivity index (χ0n) is 14.5. The van der Waals surface area contributed by atoms with Gasteiger partial charge in [-0.25, -0.2) is 0 Å². The molecule has 0 radical (unpaired) electrons. The molecule has 1 saturated carbocycles. The zero-order valence-corrected chi connectivity index (χ0v) is 14.5. The second-order valence-electron chi connectivity index (χ2n) is 7.97. The third kappa shape index (κ3) is 3.60. The molecule has 0 amide bonds. The Hall–Kier alpha value is -1.15. The van der Waals surface area contributed by atoms with Gasteiger partial charge in [-0.1, -0.05) is 36.8 Å². The SMILES string of the molecule is C=C1CC/C=C(/C)CC[C@H]2[C@H]1C[C@]2(C)C(=O)/C=C/C(C)(C)O. The molecule has 0 bridgehead atoms. The molecule has 0 aromatic heterocycles. The summed E-state index contributed by atoms with van der Waals surface area (Å²) >= 11 is 0. The molecule has 0 heterocycles. The lowest BCUT2D eigenvalue weighted by atomic mass is 9.49. The Bertz CT molecular complexity index is 518. The van der Waals surface area contributed by atoms with Gasteiger partial charge in [0, 0.05) is 5.41 Å². The third-order valence-electron chi connectivity index (χ3n) is 5.49. The van der Waals surface area contributed by atoms with E-state index in [2.05, 4.69) is 26.5 Å². The average molecular weight is 302 g/mol. The molecule has 2 heteroatoms. The van der Waals surface area contributed by atoms with E-state index in [0.717, 1.165) is 32.1 Å². The Kier molecular flexibility index (Phi) is 4.81. The number of rotatable bonds is 3. The second-order valence-corrected chi connectivity index (χ2v) is 7.97. The van der Waals surface area contributed by atoms with Crippen LogP contribution in [0.15, 0.2) is 36.0 Å². The van der Waals surface area contributed by atoms with Crippen molar-refractivity contribution in [3.63, 3.8) is 0 Å². The smallest absolute Gasteiger partial charge is 0.161 e. The first-order valence-electron chi connectivity index (χ1n) is 8.43. The van der Waals surface area contributed by atoms with Crippen LogP contribution in [0.5, 0.6) is 0 Å². The van der Waals surface area contributed by atoms with Gasteiger partial charge in [0.1, 0.15) is 0 Å². The van der Waals surface area contributed by atoms with Gasteiger partial charge < -0.3 is 5.11 Å². The van der Waals surface area contributed by atoms with Gasteiger partial charge in [-0.15, -0.1) is 0 Å². The van der Waals surface area contributed by atoms with Crippen LogP contribution in [0, 0.1) is 17.3 Å². The molecule has 0 spiro atoms. The van der Waals surface area contributed by atoms with Crippen LogP contribution in [-0.4, -0.2) is 16.5 Å². The Morgan fingerprint density at radius 1 is 1.45 bits per heavy atom. The van der Waals surface area contributed by atoms with Crippen LogP contribution in [-0.2, 0) is 4.79 Å². The average Bonchev–Trinajstić information content (AvgIpc) is 2.45. The van der Waals surface area contributed by atoms with E-state index in [1.807, 2.05) is 0 Å². The molecule has 1 N–H and O–H groups in total. The zero-order chi connectivity index (χ0) is 16.5. The fourth-order valence-electron chi connectivity index (χ4n) is 3.91. The van der Waals surface area contributed by atoms with Gasteiger partial charge in [0.05, 0.1) is 5.60 Å². The van der Waals surface area contributed by atoms with Crippen molar-refractivity contribution in [3.8, 4) is 0 Å². The number of aliphatic hydroxyl groups is 1. The van der Waals surface area contributed by atoms with Gasteiger partial charge in [-0.3, -0.25) is 4.79 Å². The Morgan fingerprint density at radius 3 is 2.77 bits per heavy atom. The number of carbonyl (C=O) groups is 1. The van der Waals surface area contributed by atoms with E-state index in [1.54, 1.807) is 26.0 Å². The first kappa shape index (κ1) is 17.2. The van der Waals surface area contributed by atoms with Crippen molar-refractivity contribution in [2.75, 3.05) is 0 Å². The Morgan fingerprint density at radius 2 is 2.14 bits per heavy atom. The quantitative estimate of drug-likeness (QED) is 0.611. The third-order valence-corrected chi connectivity index (χ3v) is 5.49. The second kappa shape index (κ2) is 6.16. The van der Waals surface area contributed by atoms with Crippen LogP contribution in [0.25, 0.3) is 0 Å². The van der Waals surface area contributed by atoms with Crippen LogP contribution in [0.2, 0.25) is 0 Å². The van der Waals surface area contributed by atoms with Crippen molar-refractivity contribution in [1.82, 2.24) is 0 Å². The molecule has 0 aliphatic heterocycles. The minimum atomic E-state index is -0.934. The highest BCUT2D eigenvalue weighted by atomic mass is 16.3. The fourth-order valence-corrected chi connectivity index (χ4v) is 3.91. The number of fused-ring (bicyclic) bond motifs is 1. The lowest BCUT2D eigenvalue weighted by Crippen LogP contribution is -2.51. The molecule has 2 rings (SSSR count). The van der Waals surface area contributed by atoms with Crippen LogP contribution in [0.1, 0.15) is 59.8 Å². The molecule has 22 heavy (non-hydrogen) atoms. The van der Waals surface area contributed by atoms with Gasteiger partial charge in [0.2, 0.25) is 0 Å². The monoisotopic (exact) mass is 302 g/mol. The van der Waals surface area contributed by atoms with E-state index < -0.39 is 5.60 Å². The normalized spacial score (nSPS) is 35.7. The molecule has 122 valence electrons. The molecule has 0 aromatic rings. The van der Waals surface area contributed by atoms with Gasteiger partial charge >= 0.3 is 0 Å². The van der Waals surface area contributed by atoms with Crippen LogP contribution in [0.4, 0.5) is 0 Å². The summed E-state index contributed by atoms with van der Waals surface area (Å²) in [4.78, 5) is 12.7. The van der Waals surface area contributed by atoms with Crippen molar-refractivity contribution in [2.45, 2.75) is 65.4 Å². The molecular formula is C20H30O2. The molecule has 2 nitrogen and oxygen atoms in total. The van der Waals surface area contributed by atoms with E-state index in [9.17, 15) is 9.90 Å². The van der Waals surface area contributed by atoms with Crippen LogP contribution in [0.3, 0.4) is 0 Å². The van der Waals surface area contributed by atoms with Gasteiger partial charge in [0.15, 0.2) is 5.78 Å². The summed E-state index contributed by atoms with van der Waals surface area (Å²) < 4.78 is 0. The molecule has 1 fully saturated rings. The highest BCUT2D eigenvalue weighted by molar-refractivity contribution is 5.95. The standard InChI is InChI=1S/C20H30O2/c1-14-7-6-8-15(2)16-13-20(5,17(16)10-9-14)18(21)11-12-19(3,4)22/h7,11-12,16-17,22H,2,6,8-10,13H2,1,3-5H3/b12-11+,14-7-/t16-,17-,20-/m0/s1. The van der Waals surface area contributed by atoms with Crippen LogP contribution < -0.4 is 0 Å². The lowest BCUT2D eigenvalue weighted by Gasteiger charge is -2.53. The van der Waals surface area contributed by atoms with Crippen molar-refractivity contribution >= 4 is 5.78 Å². The number of ketones is 1. The highest BCUT2D eigenvalue weighted by Crippen LogP contribution is 2.57. The summed E-state index contributed by atoms with van der Waals surface area (Å²) in [6.45, 7) is 11.9. The molecule has 0 saturated heterocycles. The largest absolute Gasteiger partial charge is 0.386 e. The fraction of sp³-hybridized carbons (Fsp3) is 0.650. The molecule has 0 unspecified atom stereocenters. The Labute approximate surface area is 135 Å². The maximum Gasteiger partial charge on any atom is 0.161 e. The summed E-state index contributed by atoms with van der Waals surface area (Å²) in [6, 6.07) is 0. The summed E-state index contributed by atoms with van der Waals surface area (Å²) in [5.41, 5.74) is 1.52. The maximum atomic E-state index is 12.7. The van der Waals surface area contributed by atoms with Gasteiger partial charge in [-0.05, 0) is 70.8 Å². The minimum absolute atomic E-state index is 0.157. The predicted octanol–water partition coefficient (Wildman–Crippen LogP) is 4.60. The van der Waals surface area contributed by atoms with E-state index >= 15 is 0 Å². The number of hydrogen-bond acceptors (Lipinski definition) is 2. The van der Waals surface area contributed by atoms with Crippen molar-refractivity contribution in [1.29, 1.82) is 0 Å². The first-order chi connectivity index (χ1) is 10.1. The topological polar surface area (TPSA) is 37.3 Å². The van der Waals surface area contributed by atoms with E-state index in [0.29, 0.717) is 11.8 Å². The Balaban J connectivity index is 2.16. The van der Waals surface area contributed by atoms with Gasteiger partial charge in [0.25, 0.3) is 0 Å². The maximum absolute atomic E-state index is 12.7. The summed E-state index contributed by atoms with van der Waals surface area (Å²) in [6.07, 6.45) is 10.7. The molecule has 0 aromatic carbocycles.